The van der Waals surface area contributed by atoms with Gasteiger partial charge in [0.25, 0.3) is 0 Å². The van der Waals surface area contributed by atoms with E-state index in [1.165, 1.54) is 0 Å². The summed E-state index contributed by atoms with van der Waals surface area (Å²) in [6, 6.07) is 3.23. The van der Waals surface area contributed by atoms with E-state index in [1.807, 2.05) is 0 Å². The first kappa shape index (κ1) is 14.9. The third kappa shape index (κ3) is 5.35. The molecule has 1 aromatic carbocycles. The van der Waals surface area contributed by atoms with Crippen LogP contribution in [-0.4, -0.2) is 19.7 Å². The molecule has 0 aliphatic rings. The molecule has 0 amide bonds. The minimum atomic E-state index is 0.436. The van der Waals surface area contributed by atoms with Gasteiger partial charge in [0.1, 0.15) is 6.61 Å². The molecule has 1 N–H and O–H groups in total. The topological polar surface area (TPSA) is 21.3 Å². The van der Waals surface area contributed by atoms with Crippen LogP contribution in [0.4, 0.5) is 0 Å². The van der Waals surface area contributed by atoms with Crippen molar-refractivity contribution in [2.24, 2.45) is 5.92 Å². The van der Waals surface area contributed by atoms with Crippen LogP contribution in [0.15, 0.2) is 12.1 Å². The molecule has 17 heavy (non-hydrogen) atoms. The van der Waals surface area contributed by atoms with Crippen molar-refractivity contribution in [2.45, 2.75) is 13.8 Å². The number of ether oxygens (including phenoxy) is 1. The first-order valence-corrected chi connectivity index (χ1v) is 6.62. The summed E-state index contributed by atoms with van der Waals surface area (Å²) in [6.45, 7) is 6.55. The van der Waals surface area contributed by atoms with E-state index in [0.717, 1.165) is 13.1 Å². The SMILES string of the molecule is CC(C)CNCCOc1c(Cl)cc(Cl)cc1Cl. The van der Waals surface area contributed by atoms with Crippen molar-refractivity contribution in [3.05, 3.63) is 27.2 Å². The van der Waals surface area contributed by atoms with E-state index < -0.39 is 0 Å². The van der Waals surface area contributed by atoms with Crippen molar-refractivity contribution < 1.29 is 4.74 Å². The molecule has 0 aromatic heterocycles. The van der Waals surface area contributed by atoms with E-state index in [4.69, 9.17) is 39.5 Å². The van der Waals surface area contributed by atoms with E-state index in [-0.39, 0.29) is 0 Å². The highest BCUT2D eigenvalue weighted by Crippen LogP contribution is 2.35. The zero-order valence-corrected chi connectivity index (χ0v) is 12.2. The zero-order chi connectivity index (χ0) is 12.8. The Hall–Kier alpha value is -0.150. The lowest BCUT2D eigenvalue weighted by molar-refractivity contribution is 0.311. The lowest BCUT2D eigenvalue weighted by atomic mass is 10.2. The van der Waals surface area contributed by atoms with Crippen LogP contribution in [0.3, 0.4) is 0 Å². The molecule has 0 radical (unpaired) electrons. The average molecular weight is 297 g/mol. The highest BCUT2D eigenvalue weighted by Gasteiger charge is 2.08. The van der Waals surface area contributed by atoms with E-state index in [9.17, 15) is 0 Å². The largest absolute Gasteiger partial charge is 0.489 e. The van der Waals surface area contributed by atoms with Gasteiger partial charge in [-0.3, -0.25) is 0 Å². The molecular formula is C12H16Cl3NO. The molecule has 0 unspecified atom stereocenters. The molecule has 0 saturated heterocycles. The Balaban J connectivity index is 2.42. The Morgan fingerprint density at radius 1 is 1.18 bits per heavy atom. The minimum Gasteiger partial charge on any atom is -0.489 e. The number of benzene rings is 1. The predicted molar refractivity (Wildman–Crippen MR) is 74.7 cm³/mol. The normalized spacial score (nSPS) is 10.9. The Bertz CT molecular complexity index is 346. The monoisotopic (exact) mass is 295 g/mol. The van der Waals surface area contributed by atoms with Crippen LogP contribution in [0, 0.1) is 5.92 Å². The molecular weight excluding hydrogens is 280 g/mol. The molecule has 0 atom stereocenters. The summed E-state index contributed by atoms with van der Waals surface area (Å²) in [6.07, 6.45) is 0. The van der Waals surface area contributed by atoms with Gasteiger partial charge in [-0.1, -0.05) is 48.7 Å². The van der Waals surface area contributed by atoms with Gasteiger partial charge in [0.05, 0.1) is 10.0 Å². The van der Waals surface area contributed by atoms with Crippen LogP contribution >= 0.6 is 34.8 Å². The minimum absolute atomic E-state index is 0.436. The lowest BCUT2D eigenvalue weighted by Crippen LogP contribution is -2.25. The van der Waals surface area contributed by atoms with Crippen LogP contribution in [0.25, 0.3) is 0 Å². The lowest BCUT2D eigenvalue weighted by Gasteiger charge is -2.11. The fraction of sp³-hybridized carbons (Fsp3) is 0.500. The summed E-state index contributed by atoms with van der Waals surface area (Å²) in [7, 11) is 0. The molecule has 0 heterocycles. The Morgan fingerprint density at radius 3 is 2.29 bits per heavy atom. The molecule has 0 aliphatic heterocycles. The Labute approximate surface area is 117 Å². The highest BCUT2D eigenvalue weighted by molar-refractivity contribution is 6.40. The van der Waals surface area contributed by atoms with E-state index in [2.05, 4.69) is 19.2 Å². The number of rotatable bonds is 6. The molecule has 0 bridgehead atoms. The van der Waals surface area contributed by atoms with Crippen LogP contribution in [0.2, 0.25) is 15.1 Å². The summed E-state index contributed by atoms with van der Waals surface area (Å²) >= 11 is 17.8. The van der Waals surface area contributed by atoms with Gasteiger partial charge in [0, 0.05) is 11.6 Å². The van der Waals surface area contributed by atoms with Gasteiger partial charge in [-0.05, 0) is 24.6 Å². The third-order valence-corrected chi connectivity index (χ3v) is 2.82. The first-order chi connectivity index (χ1) is 8.00. The van der Waals surface area contributed by atoms with Crippen molar-refractivity contribution in [1.29, 1.82) is 0 Å². The number of hydrogen-bond acceptors (Lipinski definition) is 2. The van der Waals surface area contributed by atoms with Crippen LogP contribution in [0.5, 0.6) is 5.75 Å². The maximum absolute atomic E-state index is 5.98. The molecule has 1 aromatic rings. The molecule has 5 heteroatoms. The summed E-state index contributed by atoms with van der Waals surface area (Å²) in [5.74, 6) is 1.11. The first-order valence-electron chi connectivity index (χ1n) is 5.48. The number of halogens is 3. The maximum Gasteiger partial charge on any atom is 0.156 e. The van der Waals surface area contributed by atoms with Crippen molar-refractivity contribution >= 4 is 34.8 Å². The van der Waals surface area contributed by atoms with Gasteiger partial charge in [-0.25, -0.2) is 0 Å². The molecule has 0 fully saturated rings. The fourth-order valence-electron chi connectivity index (χ4n) is 1.28. The van der Waals surface area contributed by atoms with Gasteiger partial charge in [0.2, 0.25) is 0 Å². The summed E-state index contributed by atoms with van der Waals surface area (Å²) in [4.78, 5) is 0. The Morgan fingerprint density at radius 2 is 1.76 bits per heavy atom. The smallest absolute Gasteiger partial charge is 0.156 e. The maximum atomic E-state index is 5.98. The van der Waals surface area contributed by atoms with Crippen molar-refractivity contribution in [1.82, 2.24) is 5.32 Å². The van der Waals surface area contributed by atoms with Gasteiger partial charge < -0.3 is 10.1 Å². The fourth-order valence-corrected chi connectivity index (χ4v) is 2.21. The Kier molecular flexibility index (Phi) is 6.42. The second kappa shape index (κ2) is 7.32. The second-order valence-corrected chi connectivity index (χ2v) is 5.40. The van der Waals surface area contributed by atoms with Gasteiger partial charge >= 0.3 is 0 Å². The molecule has 1 rings (SSSR count). The van der Waals surface area contributed by atoms with E-state index in [1.54, 1.807) is 12.1 Å². The third-order valence-electron chi connectivity index (χ3n) is 2.04. The van der Waals surface area contributed by atoms with Gasteiger partial charge in [0.15, 0.2) is 5.75 Å². The van der Waals surface area contributed by atoms with Crippen molar-refractivity contribution in [3.8, 4) is 5.75 Å². The number of nitrogens with one attached hydrogen (secondary N) is 1. The molecule has 0 saturated carbocycles. The summed E-state index contributed by atoms with van der Waals surface area (Å²) in [5, 5.41) is 4.65. The standard InChI is InChI=1S/C12H16Cl3NO/c1-8(2)7-16-3-4-17-12-10(14)5-9(13)6-11(12)15/h5-6,8,16H,3-4,7H2,1-2H3. The average Bonchev–Trinajstić information content (AvgIpc) is 2.20. The van der Waals surface area contributed by atoms with E-state index >= 15 is 0 Å². The van der Waals surface area contributed by atoms with Gasteiger partial charge in [-0.2, -0.15) is 0 Å². The zero-order valence-electron chi connectivity index (χ0n) is 9.90. The second-order valence-electron chi connectivity index (χ2n) is 4.14. The predicted octanol–water partition coefficient (Wildman–Crippen LogP) is 4.27. The summed E-state index contributed by atoms with van der Waals surface area (Å²) in [5.41, 5.74) is 0. The van der Waals surface area contributed by atoms with Crippen LogP contribution in [-0.2, 0) is 0 Å². The molecule has 0 aliphatic carbocycles. The van der Waals surface area contributed by atoms with E-state index in [0.29, 0.717) is 33.3 Å². The van der Waals surface area contributed by atoms with Crippen LogP contribution < -0.4 is 10.1 Å². The quantitative estimate of drug-likeness (QED) is 0.792. The molecule has 0 spiro atoms. The number of hydrogen-bond donors (Lipinski definition) is 1. The van der Waals surface area contributed by atoms with Crippen LogP contribution in [0.1, 0.15) is 13.8 Å². The van der Waals surface area contributed by atoms with Crippen molar-refractivity contribution in [2.75, 3.05) is 19.7 Å². The highest BCUT2D eigenvalue weighted by atomic mass is 35.5. The molecule has 96 valence electrons. The van der Waals surface area contributed by atoms with Crippen molar-refractivity contribution in [3.63, 3.8) is 0 Å². The molecule has 2 nitrogen and oxygen atoms in total. The summed E-state index contributed by atoms with van der Waals surface area (Å²) < 4.78 is 5.52. The van der Waals surface area contributed by atoms with Gasteiger partial charge in [-0.15, -0.1) is 0 Å².